The van der Waals surface area contributed by atoms with Crippen molar-refractivity contribution in [3.8, 4) is 0 Å². The molecule has 29 heavy (non-hydrogen) atoms. The molecule has 0 aromatic heterocycles. The Hall–Kier alpha value is -1.66. The maximum Gasteiger partial charge on any atom is 0.410 e. The summed E-state index contributed by atoms with van der Waals surface area (Å²) in [5.41, 5.74) is 2.66. The zero-order valence-electron chi connectivity index (χ0n) is 18.1. The number of likely N-dealkylation sites (tertiary alicyclic amines) is 1. The fourth-order valence-electron chi connectivity index (χ4n) is 5.26. The Kier molecular flexibility index (Phi) is 5.36. The Morgan fingerprint density at radius 1 is 1.31 bits per heavy atom. The predicted molar refractivity (Wildman–Crippen MR) is 109 cm³/mol. The van der Waals surface area contributed by atoms with Crippen LogP contribution in [0.5, 0.6) is 0 Å². The molecule has 4 rings (SSSR count). The fraction of sp³-hybridized carbons (Fsp3) is 0.696. The van der Waals surface area contributed by atoms with E-state index in [2.05, 4.69) is 11.0 Å². The summed E-state index contributed by atoms with van der Waals surface area (Å²) in [6.07, 6.45) is 4.03. The average Bonchev–Trinajstić information content (AvgIpc) is 3.05. The van der Waals surface area contributed by atoms with Gasteiger partial charge in [-0.05, 0) is 63.6 Å². The maximum atomic E-state index is 14.7. The summed E-state index contributed by atoms with van der Waals surface area (Å²) in [4.78, 5) is 16.5. The van der Waals surface area contributed by atoms with Crippen molar-refractivity contribution in [2.24, 2.45) is 5.41 Å². The van der Waals surface area contributed by atoms with E-state index in [4.69, 9.17) is 9.47 Å². The van der Waals surface area contributed by atoms with Gasteiger partial charge < -0.3 is 14.4 Å². The molecule has 1 aromatic carbocycles. The van der Waals surface area contributed by atoms with Crippen LogP contribution in [-0.4, -0.2) is 54.3 Å². The van der Waals surface area contributed by atoms with Crippen LogP contribution in [0.15, 0.2) is 12.1 Å². The summed E-state index contributed by atoms with van der Waals surface area (Å²) in [6.45, 7) is 9.39. The van der Waals surface area contributed by atoms with Crippen LogP contribution in [0.4, 0.5) is 9.18 Å². The summed E-state index contributed by atoms with van der Waals surface area (Å²) >= 11 is 0. The first-order valence-electron chi connectivity index (χ1n) is 10.7. The Bertz CT molecular complexity index is 783. The highest BCUT2D eigenvalue weighted by molar-refractivity contribution is 5.69. The van der Waals surface area contributed by atoms with Gasteiger partial charge in [0, 0.05) is 50.3 Å². The van der Waals surface area contributed by atoms with Crippen LogP contribution in [-0.2, 0) is 29.0 Å². The first kappa shape index (κ1) is 20.6. The van der Waals surface area contributed by atoms with Crippen molar-refractivity contribution in [3.63, 3.8) is 0 Å². The summed E-state index contributed by atoms with van der Waals surface area (Å²) in [5, 5.41) is 0. The second-order valence-electron chi connectivity index (χ2n) is 10.1. The highest BCUT2D eigenvalue weighted by Crippen LogP contribution is 2.48. The molecular weight excluding hydrogens is 371 g/mol. The lowest BCUT2D eigenvalue weighted by molar-refractivity contribution is -0.0346. The fourth-order valence-corrected chi connectivity index (χ4v) is 5.26. The van der Waals surface area contributed by atoms with Gasteiger partial charge in [0.15, 0.2) is 0 Å². The smallest absolute Gasteiger partial charge is 0.410 e. The number of carbonyl (C=O) groups is 1. The number of benzene rings is 1. The van der Waals surface area contributed by atoms with Gasteiger partial charge in [-0.25, -0.2) is 9.18 Å². The molecule has 2 aliphatic heterocycles. The van der Waals surface area contributed by atoms with E-state index in [1.165, 1.54) is 0 Å². The maximum absolute atomic E-state index is 14.7. The predicted octanol–water partition coefficient (Wildman–Crippen LogP) is 4.12. The highest BCUT2D eigenvalue weighted by Gasteiger charge is 2.51. The zero-order valence-corrected chi connectivity index (χ0v) is 18.1. The minimum atomic E-state index is -0.452. The van der Waals surface area contributed by atoms with Gasteiger partial charge in [-0.1, -0.05) is 6.07 Å². The first-order valence-corrected chi connectivity index (χ1v) is 10.7. The SMILES string of the molecule is COCc1cc(F)c2c(c1)CCN(C1CCC3(C1)CN(C(=O)OC(C)(C)C)C3)C2. The van der Waals surface area contributed by atoms with Crippen LogP contribution in [0.3, 0.4) is 0 Å². The second kappa shape index (κ2) is 7.55. The largest absolute Gasteiger partial charge is 0.444 e. The molecule has 2 heterocycles. The van der Waals surface area contributed by atoms with E-state index in [0.717, 1.165) is 62.0 Å². The molecule has 0 radical (unpaired) electrons. The van der Waals surface area contributed by atoms with Crippen LogP contribution in [0.1, 0.15) is 56.7 Å². The molecule has 1 saturated carbocycles. The third-order valence-corrected chi connectivity index (χ3v) is 6.59. The number of methoxy groups -OCH3 is 1. The van der Waals surface area contributed by atoms with Gasteiger partial charge in [-0.15, -0.1) is 0 Å². The molecule has 1 atom stereocenters. The topological polar surface area (TPSA) is 42.0 Å². The summed E-state index contributed by atoms with van der Waals surface area (Å²) in [7, 11) is 1.64. The molecule has 1 amide bonds. The molecular formula is C23H33FN2O3. The van der Waals surface area contributed by atoms with Crippen LogP contribution in [0, 0.1) is 11.2 Å². The molecule has 1 spiro atoms. The Balaban J connectivity index is 1.35. The van der Waals surface area contributed by atoms with E-state index in [9.17, 15) is 9.18 Å². The Morgan fingerprint density at radius 3 is 2.76 bits per heavy atom. The summed E-state index contributed by atoms with van der Waals surface area (Å²) in [5.74, 6) is -0.105. The van der Waals surface area contributed by atoms with Crippen LogP contribution in [0.25, 0.3) is 0 Å². The van der Waals surface area contributed by atoms with E-state index >= 15 is 0 Å². The highest BCUT2D eigenvalue weighted by atomic mass is 19.1. The number of rotatable bonds is 3. The molecule has 1 saturated heterocycles. The van der Waals surface area contributed by atoms with Crippen molar-refractivity contribution < 1.29 is 18.7 Å². The standard InChI is InChI=1S/C23H33FN2O3/c1-22(2,3)29-21(27)26-14-23(15-26)7-5-18(11-23)25-8-6-17-9-16(13-28-4)10-20(24)19(17)12-25/h9-10,18H,5-8,11-15H2,1-4H3. The average molecular weight is 405 g/mol. The third kappa shape index (κ3) is 4.29. The minimum absolute atomic E-state index is 0.105. The molecule has 1 aromatic rings. The number of hydrogen-bond acceptors (Lipinski definition) is 4. The zero-order chi connectivity index (χ0) is 20.8. The minimum Gasteiger partial charge on any atom is -0.444 e. The van der Waals surface area contributed by atoms with Crippen molar-refractivity contribution in [2.75, 3.05) is 26.7 Å². The third-order valence-electron chi connectivity index (χ3n) is 6.59. The van der Waals surface area contributed by atoms with Gasteiger partial charge in [0.25, 0.3) is 0 Å². The molecule has 0 bridgehead atoms. The summed E-state index contributed by atoms with van der Waals surface area (Å²) < 4.78 is 25.3. The van der Waals surface area contributed by atoms with Crippen molar-refractivity contribution in [1.82, 2.24) is 9.80 Å². The monoisotopic (exact) mass is 404 g/mol. The van der Waals surface area contributed by atoms with Gasteiger partial charge >= 0.3 is 6.09 Å². The van der Waals surface area contributed by atoms with Crippen LogP contribution in [0.2, 0.25) is 0 Å². The number of fused-ring (bicyclic) bond motifs is 1. The number of halogens is 1. The first-order chi connectivity index (χ1) is 13.7. The van der Waals surface area contributed by atoms with Crippen LogP contribution >= 0.6 is 0 Å². The van der Waals surface area contributed by atoms with E-state index < -0.39 is 5.60 Å². The Morgan fingerprint density at radius 2 is 2.07 bits per heavy atom. The van der Waals surface area contributed by atoms with Gasteiger partial charge in [0.1, 0.15) is 11.4 Å². The van der Waals surface area contributed by atoms with Crippen molar-refractivity contribution >= 4 is 6.09 Å². The molecule has 0 N–H and O–H groups in total. The lowest BCUT2D eigenvalue weighted by atomic mass is 9.78. The van der Waals surface area contributed by atoms with Gasteiger partial charge in [-0.2, -0.15) is 0 Å². The molecule has 2 fully saturated rings. The second-order valence-corrected chi connectivity index (χ2v) is 10.1. The molecule has 1 aliphatic carbocycles. The molecule has 6 heteroatoms. The number of ether oxygens (including phenoxy) is 2. The normalized spacial score (nSPS) is 23.8. The van der Waals surface area contributed by atoms with Gasteiger partial charge in [0.05, 0.1) is 6.61 Å². The summed E-state index contributed by atoms with van der Waals surface area (Å²) in [6, 6.07) is 4.19. The lowest BCUT2D eigenvalue weighted by Gasteiger charge is -2.48. The molecule has 5 nitrogen and oxygen atoms in total. The van der Waals surface area contributed by atoms with E-state index in [1.807, 2.05) is 25.7 Å². The quantitative estimate of drug-likeness (QED) is 0.760. The number of carbonyl (C=O) groups excluding carboxylic acids is 1. The molecule has 160 valence electrons. The van der Waals surface area contributed by atoms with E-state index in [1.54, 1.807) is 13.2 Å². The van der Waals surface area contributed by atoms with Crippen molar-refractivity contribution in [2.45, 2.75) is 71.2 Å². The van der Waals surface area contributed by atoms with Crippen molar-refractivity contribution in [1.29, 1.82) is 0 Å². The van der Waals surface area contributed by atoms with Crippen LogP contribution < -0.4 is 0 Å². The molecule has 1 unspecified atom stereocenters. The lowest BCUT2D eigenvalue weighted by Crippen LogP contribution is -2.58. The number of amides is 1. The van der Waals surface area contributed by atoms with Crippen molar-refractivity contribution in [3.05, 3.63) is 34.6 Å². The van der Waals surface area contributed by atoms with E-state index in [-0.39, 0.29) is 17.3 Å². The number of hydrogen-bond donors (Lipinski definition) is 0. The van der Waals surface area contributed by atoms with Gasteiger partial charge in [0.2, 0.25) is 0 Å². The van der Waals surface area contributed by atoms with E-state index in [0.29, 0.717) is 19.2 Å². The number of nitrogens with zero attached hydrogens (tertiary/aromatic N) is 2. The Labute approximate surface area is 173 Å². The molecule has 3 aliphatic rings. The van der Waals surface area contributed by atoms with Gasteiger partial charge in [-0.3, -0.25) is 4.90 Å².